The van der Waals surface area contributed by atoms with Crippen LogP contribution in [0.25, 0.3) is 0 Å². The zero-order valence-corrected chi connectivity index (χ0v) is 14.3. The molecule has 2 aromatic carbocycles. The second-order valence-electron chi connectivity index (χ2n) is 4.87. The van der Waals surface area contributed by atoms with Gasteiger partial charge in [0.2, 0.25) is 0 Å². The van der Waals surface area contributed by atoms with Crippen molar-refractivity contribution in [3.63, 3.8) is 0 Å². The molecule has 126 valence electrons. The first kappa shape index (κ1) is 18.1. The Bertz CT molecular complexity index is 725. The van der Waals surface area contributed by atoms with Gasteiger partial charge in [0.15, 0.2) is 11.5 Å². The number of hydrogen-bond acceptors (Lipinski definition) is 5. The van der Waals surface area contributed by atoms with Gasteiger partial charge in [-0.1, -0.05) is 58.7 Å². The molecule has 0 radical (unpaired) electrons. The summed E-state index contributed by atoms with van der Waals surface area (Å²) in [5, 5.41) is 13.6. The summed E-state index contributed by atoms with van der Waals surface area (Å²) in [6.45, 7) is 0.221. The van der Waals surface area contributed by atoms with Gasteiger partial charge in [0.05, 0.1) is 17.2 Å². The van der Waals surface area contributed by atoms with Crippen molar-refractivity contribution >= 4 is 34.9 Å². The monoisotopic (exact) mass is 367 g/mol. The fourth-order valence-electron chi connectivity index (χ4n) is 1.93. The number of carbonyl (C=O) groups excluding carboxylic acids is 1. The highest BCUT2D eigenvalue weighted by atomic mass is 35.5. The average Bonchev–Trinajstić information content (AvgIpc) is 2.59. The summed E-state index contributed by atoms with van der Waals surface area (Å²) < 4.78 is 4.71. The average molecular weight is 368 g/mol. The summed E-state index contributed by atoms with van der Waals surface area (Å²) in [4.78, 5) is 17.1. The predicted octanol–water partition coefficient (Wildman–Crippen LogP) is 3.99. The molecule has 0 spiro atoms. The first-order valence-corrected chi connectivity index (χ1v) is 7.74. The van der Waals surface area contributed by atoms with Crippen LogP contribution in [0.5, 0.6) is 5.75 Å². The SMILES string of the molecule is COC(=O)/C(Cc1cc(Cl)c(O)c(Cl)c1)=N\OCc1ccccc1. The van der Waals surface area contributed by atoms with Gasteiger partial charge in [-0.05, 0) is 23.3 Å². The van der Waals surface area contributed by atoms with Gasteiger partial charge >= 0.3 is 5.97 Å². The molecule has 0 fully saturated rings. The Kier molecular flexibility index (Phi) is 6.46. The largest absolute Gasteiger partial charge is 0.505 e. The molecule has 0 aromatic heterocycles. The van der Waals surface area contributed by atoms with Crippen molar-refractivity contribution in [3.05, 3.63) is 63.6 Å². The van der Waals surface area contributed by atoms with Gasteiger partial charge in [0.1, 0.15) is 6.61 Å². The van der Waals surface area contributed by atoms with E-state index >= 15 is 0 Å². The number of aromatic hydroxyl groups is 1. The maximum atomic E-state index is 11.8. The molecule has 7 heteroatoms. The third kappa shape index (κ3) is 4.88. The second-order valence-corrected chi connectivity index (χ2v) is 5.69. The van der Waals surface area contributed by atoms with Crippen LogP contribution in [0.1, 0.15) is 11.1 Å². The molecule has 0 aliphatic heterocycles. The van der Waals surface area contributed by atoms with E-state index < -0.39 is 5.97 Å². The molecule has 0 atom stereocenters. The third-order valence-electron chi connectivity index (χ3n) is 3.12. The van der Waals surface area contributed by atoms with Crippen LogP contribution in [0.3, 0.4) is 0 Å². The number of oxime groups is 1. The van der Waals surface area contributed by atoms with E-state index in [9.17, 15) is 9.90 Å². The third-order valence-corrected chi connectivity index (χ3v) is 3.69. The number of benzene rings is 2. The molecule has 0 saturated heterocycles. The van der Waals surface area contributed by atoms with Crippen molar-refractivity contribution in [1.29, 1.82) is 0 Å². The van der Waals surface area contributed by atoms with Crippen LogP contribution in [0.2, 0.25) is 10.0 Å². The second kappa shape index (κ2) is 8.57. The quantitative estimate of drug-likeness (QED) is 0.476. The van der Waals surface area contributed by atoms with E-state index in [1.807, 2.05) is 30.3 Å². The Morgan fingerprint density at radius 3 is 2.33 bits per heavy atom. The van der Waals surface area contributed by atoms with Crippen molar-refractivity contribution in [2.24, 2.45) is 5.16 Å². The number of phenols is 1. The molecule has 2 aromatic rings. The van der Waals surface area contributed by atoms with Gasteiger partial charge in [-0.2, -0.15) is 0 Å². The Labute approximate surface area is 149 Å². The van der Waals surface area contributed by atoms with Crippen LogP contribution < -0.4 is 0 Å². The Hall–Kier alpha value is -2.24. The summed E-state index contributed by atoms with van der Waals surface area (Å²) in [5.74, 6) is -0.831. The fourth-order valence-corrected chi connectivity index (χ4v) is 2.46. The van der Waals surface area contributed by atoms with Crippen LogP contribution in [0.15, 0.2) is 47.6 Å². The summed E-state index contributed by atoms with van der Waals surface area (Å²) in [7, 11) is 1.26. The number of rotatable bonds is 6. The molecular weight excluding hydrogens is 353 g/mol. The topological polar surface area (TPSA) is 68.1 Å². The number of ether oxygens (including phenoxy) is 1. The lowest BCUT2D eigenvalue weighted by Gasteiger charge is -2.08. The standard InChI is InChI=1S/C17H15Cl2NO4/c1-23-17(22)15(20-24-10-11-5-3-2-4-6-11)9-12-7-13(18)16(21)14(19)8-12/h2-8,21H,9-10H2,1H3/b20-15-. The minimum Gasteiger partial charge on any atom is -0.505 e. The maximum Gasteiger partial charge on any atom is 0.356 e. The minimum atomic E-state index is -0.622. The summed E-state index contributed by atoms with van der Waals surface area (Å²) in [6, 6.07) is 12.4. The molecule has 0 heterocycles. The van der Waals surface area contributed by atoms with Crippen molar-refractivity contribution in [2.75, 3.05) is 7.11 Å². The first-order chi connectivity index (χ1) is 11.5. The lowest BCUT2D eigenvalue weighted by atomic mass is 10.1. The van der Waals surface area contributed by atoms with Crippen molar-refractivity contribution in [1.82, 2.24) is 0 Å². The summed E-state index contributed by atoms with van der Waals surface area (Å²) in [6.07, 6.45) is 0.0984. The molecule has 0 saturated carbocycles. The number of carbonyl (C=O) groups is 1. The van der Waals surface area contributed by atoms with E-state index in [2.05, 4.69) is 5.16 Å². The van der Waals surface area contributed by atoms with Gasteiger partial charge < -0.3 is 14.7 Å². The van der Waals surface area contributed by atoms with Gasteiger partial charge in [-0.3, -0.25) is 0 Å². The van der Waals surface area contributed by atoms with Gasteiger partial charge in [-0.15, -0.1) is 0 Å². The zero-order valence-electron chi connectivity index (χ0n) is 12.8. The molecule has 24 heavy (non-hydrogen) atoms. The molecule has 0 unspecified atom stereocenters. The highest BCUT2D eigenvalue weighted by Gasteiger charge is 2.16. The molecule has 0 bridgehead atoms. The molecule has 0 amide bonds. The van der Waals surface area contributed by atoms with E-state index in [-0.39, 0.29) is 34.5 Å². The zero-order chi connectivity index (χ0) is 17.5. The number of hydrogen-bond donors (Lipinski definition) is 1. The number of halogens is 2. The van der Waals surface area contributed by atoms with Gasteiger partial charge in [-0.25, -0.2) is 4.79 Å². The number of esters is 1. The predicted molar refractivity (Wildman–Crippen MR) is 92.5 cm³/mol. The van der Waals surface area contributed by atoms with E-state index in [4.69, 9.17) is 32.8 Å². The van der Waals surface area contributed by atoms with Crippen LogP contribution in [0, 0.1) is 0 Å². The lowest BCUT2D eigenvalue weighted by Crippen LogP contribution is -2.19. The van der Waals surface area contributed by atoms with Gasteiger partial charge in [0.25, 0.3) is 0 Å². The number of nitrogens with zero attached hydrogens (tertiary/aromatic N) is 1. The first-order valence-electron chi connectivity index (χ1n) is 6.99. The van der Waals surface area contributed by atoms with E-state index in [1.165, 1.54) is 19.2 Å². The molecule has 2 rings (SSSR count). The maximum absolute atomic E-state index is 11.8. The minimum absolute atomic E-state index is 0.0613. The van der Waals surface area contributed by atoms with E-state index in [1.54, 1.807) is 0 Å². The summed E-state index contributed by atoms with van der Waals surface area (Å²) in [5.41, 5.74) is 1.57. The molecule has 5 nitrogen and oxygen atoms in total. The normalized spacial score (nSPS) is 11.2. The summed E-state index contributed by atoms with van der Waals surface area (Å²) >= 11 is 11.8. The molecule has 0 aliphatic rings. The van der Waals surface area contributed by atoms with E-state index in [0.29, 0.717) is 5.56 Å². The van der Waals surface area contributed by atoms with Crippen LogP contribution in [-0.4, -0.2) is 23.9 Å². The fraction of sp³-hybridized carbons (Fsp3) is 0.176. The van der Waals surface area contributed by atoms with Crippen LogP contribution in [0.4, 0.5) is 0 Å². The smallest absolute Gasteiger partial charge is 0.356 e. The highest BCUT2D eigenvalue weighted by molar-refractivity contribution is 6.38. The highest BCUT2D eigenvalue weighted by Crippen LogP contribution is 2.32. The van der Waals surface area contributed by atoms with Crippen LogP contribution in [-0.2, 0) is 27.4 Å². The Morgan fingerprint density at radius 1 is 1.12 bits per heavy atom. The van der Waals surface area contributed by atoms with Gasteiger partial charge in [0, 0.05) is 6.42 Å². The van der Waals surface area contributed by atoms with Crippen LogP contribution >= 0.6 is 23.2 Å². The molecular formula is C17H15Cl2NO4. The lowest BCUT2D eigenvalue weighted by molar-refractivity contribution is -0.133. The number of phenolic OH excluding ortho intramolecular Hbond substituents is 1. The van der Waals surface area contributed by atoms with Crippen molar-refractivity contribution < 1.29 is 19.5 Å². The van der Waals surface area contributed by atoms with Crippen molar-refractivity contribution in [2.45, 2.75) is 13.0 Å². The van der Waals surface area contributed by atoms with E-state index in [0.717, 1.165) is 5.56 Å². The molecule has 0 aliphatic carbocycles. The van der Waals surface area contributed by atoms with Crippen molar-refractivity contribution in [3.8, 4) is 5.75 Å². The Morgan fingerprint density at radius 2 is 1.75 bits per heavy atom. The number of methoxy groups -OCH3 is 1. The Balaban J connectivity index is 2.13. The molecule has 1 N–H and O–H groups in total.